The Morgan fingerprint density at radius 2 is 1.79 bits per heavy atom. The molecule has 1 aromatic carbocycles. The predicted molar refractivity (Wildman–Crippen MR) is 90.8 cm³/mol. The van der Waals surface area contributed by atoms with Crippen molar-refractivity contribution >= 4 is 5.69 Å². The van der Waals surface area contributed by atoms with E-state index in [1.807, 2.05) is 31.1 Å². The van der Waals surface area contributed by atoms with Crippen LogP contribution in [0.2, 0.25) is 0 Å². The number of hydrogen-bond donors (Lipinski definition) is 2. The molecule has 135 valence electrons. The van der Waals surface area contributed by atoms with Gasteiger partial charge in [-0.15, -0.1) is 29.8 Å². The molecule has 2 N–H and O–H groups in total. The van der Waals surface area contributed by atoms with Gasteiger partial charge in [-0.1, -0.05) is 6.07 Å². The summed E-state index contributed by atoms with van der Waals surface area (Å²) in [5.74, 6) is -0.285. The van der Waals surface area contributed by atoms with Gasteiger partial charge in [0.15, 0.2) is 0 Å². The molecule has 2 unspecified atom stereocenters. The first kappa shape index (κ1) is 22.7. The van der Waals surface area contributed by atoms with Crippen LogP contribution >= 0.6 is 0 Å². The van der Waals surface area contributed by atoms with Crippen molar-refractivity contribution in [3.8, 4) is 11.3 Å². The Kier molecular flexibility index (Phi) is 10.6. The molecule has 0 amide bonds. The molecule has 0 saturated heterocycles. The summed E-state index contributed by atoms with van der Waals surface area (Å²) in [7, 11) is 3.93. The van der Waals surface area contributed by atoms with Crippen LogP contribution in [0, 0.1) is 11.9 Å². The van der Waals surface area contributed by atoms with Gasteiger partial charge in [-0.25, -0.2) is 0 Å². The summed E-state index contributed by atoms with van der Waals surface area (Å²) in [4.78, 5) is 6.24. The third-order valence-electron chi connectivity index (χ3n) is 2.99. The van der Waals surface area contributed by atoms with Crippen LogP contribution in [0.3, 0.4) is 0 Å². The minimum Gasteiger partial charge on any atom is -0.393 e. The topological polar surface area (TPSA) is 56.6 Å². The van der Waals surface area contributed by atoms with E-state index in [1.165, 1.54) is 12.1 Å². The first-order chi connectivity index (χ1) is 10.8. The van der Waals surface area contributed by atoms with E-state index in [-0.39, 0.29) is 38.1 Å². The summed E-state index contributed by atoms with van der Waals surface area (Å²) in [5, 5.41) is 17.1. The van der Waals surface area contributed by atoms with Crippen LogP contribution in [0.5, 0.6) is 0 Å². The van der Waals surface area contributed by atoms with Crippen LogP contribution in [0.15, 0.2) is 36.5 Å². The second kappa shape index (κ2) is 11.3. The Morgan fingerprint density at radius 1 is 1.17 bits per heavy atom. The molecule has 0 aliphatic rings. The molecule has 0 spiro atoms. The number of anilines is 1. The summed E-state index contributed by atoms with van der Waals surface area (Å²) in [6, 6.07) is 11.1. The zero-order valence-corrected chi connectivity index (χ0v) is 16.7. The Hall–Kier alpha value is -1.33. The van der Waals surface area contributed by atoms with E-state index in [1.54, 1.807) is 26.1 Å². The maximum absolute atomic E-state index is 12.8. The molecule has 0 aliphatic carbocycles. The predicted octanol–water partition coefficient (Wildman–Crippen LogP) is 2.89. The standard InChI is InChI=1S/C13H12FN2.C5H12O2.Ir/c1-16(2)12-7-8-15-13(9-12)10-3-5-11(14)6-4-10;1-4(6)3-5(2)7;/h3,5-9H,1-2H3;4-7H,3H2,1-2H3;/q-1;;. The molecule has 24 heavy (non-hydrogen) atoms. The van der Waals surface area contributed by atoms with E-state index in [4.69, 9.17) is 10.2 Å². The van der Waals surface area contributed by atoms with Crippen molar-refractivity contribution in [2.75, 3.05) is 19.0 Å². The Bertz CT molecular complexity index is 584. The minimum absolute atomic E-state index is 0. The Balaban J connectivity index is 0.000000570. The fourth-order valence-corrected chi connectivity index (χ4v) is 1.90. The zero-order valence-electron chi connectivity index (χ0n) is 14.3. The second-order valence-electron chi connectivity index (χ2n) is 5.65. The average molecular weight is 512 g/mol. The van der Waals surface area contributed by atoms with Gasteiger partial charge in [0.2, 0.25) is 0 Å². The van der Waals surface area contributed by atoms with Gasteiger partial charge in [-0.3, -0.25) is 4.39 Å². The summed E-state index contributed by atoms with van der Waals surface area (Å²) >= 11 is 0. The third-order valence-corrected chi connectivity index (χ3v) is 2.99. The van der Waals surface area contributed by atoms with Crippen LogP contribution in [-0.2, 0) is 20.1 Å². The van der Waals surface area contributed by atoms with E-state index in [0.29, 0.717) is 6.42 Å². The minimum atomic E-state index is -0.375. The van der Waals surface area contributed by atoms with Crippen LogP contribution in [0.4, 0.5) is 10.1 Å². The van der Waals surface area contributed by atoms with E-state index in [2.05, 4.69) is 11.1 Å². The number of halogens is 1. The molecular formula is C18H24FIrN2O2-. The number of aromatic nitrogens is 1. The van der Waals surface area contributed by atoms with E-state index >= 15 is 0 Å². The summed E-state index contributed by atoms with van der Waals surface area (Å²) in [6.45, 7) is 3.32. The van der Waals surface area contributed by atoms with Gasteiger partial charge in [-0.05, 0) is 32.0 Å². The summed E-state index contributed by atoms with van der Waals surface area (Å²) < 4.78 is 12.8. The van der Waals surface area contributed by atoms with E-state index in [0.717, 1.165) is 16.9 Å². The number of nitrogens with zero attached hydrogens (tertiary/aromatic N) is 2. The van der Waals surface area contributed by atoms with Crippen molar-refractivity contribution < 1.29 is 34.7 Å². The van der Waals surface area contributed by atoms with Crippen LogP contribution in [-0.4, -0.2) is 41.5 Å². The maximum atomic E-state index is 12.8. The second-order valence-corrected chi connectivity index (χ2v) is 5.65. The molecule has 0 fully saturated rings. The summed E-state index contributed by atoms with van der Waals surface area (Å²) in [5.41, 5.74) is 2.65. The molecular weight excluding hydrogens is 487 g/mol. The molecule has 1 heterocycles. The molecule has 4 nitrogen and oxygen atoms in total. The molecule has 0 aliphatic heterocycles. The number of aliphatic hydroxyl groups is 2. The van der Waals surface area contributed by atoms with Crippen molar-refractivity contribution in [3.05, 3.63) is 48.4 Å². The Labute approximate surface area is 156 Å². The van der Waals surface area contributed by atoms with Gasteiger partial charge in [0.25, 0.3) is 0 Å². The Morgan fingerprint density at radius 3 is 2.21 bits per heavy atom. The monoisotopic (exact) mass is 512 g/mol. The van der Waals surface area contributed by atoms with Gasteiger partial charge in [0, 0.05) is 51.9 Å². The van der Waals surface area contributed by atoms with Crippen molar-refractivity contribution in [1.82, 2.24) is 4.98 Å². The smallest absolute Gasteiger partial charge is 0.0536 e. The van der Waals surface area contributed by atoms with E-state index < -0.39 is 0 Å². The number of hydrogen-bond acceptors (Lipinski definition) is 4. The molecule has 6 heteroatoms. The number of rotatable bonds is 4. The van der Waals surface area contributed by atoms with Gasteiger partial charge in [0.1, 0.15) is 0 Å². The van der Waals surface area contributed by atoms with Crippen LogP contribution in [0.25, 0.3) is 11.3 Å². The molecule has 0 saturated carbocycles. The first-order valence-corrected chi connectivity index (χ1v) is 7.46. The zero-order chi connectivity index (χ0) is 17.4. The van der Waals surface area contributed by atoms with Gasteiger partial charge < -0.3 is 20.1 Å². The van der Waals surface area contributed by atoms with Crippen molar-refractivity contribution in [2.24, 2.45) is 0 Å². The molecule has 2 atom stereocenters. The van der Waals surface area contributed by atoms with Crippen molar-refractivity contribution in [2.45, 2.75) is 32.5 Å². The van der Waals surface area contributed by atoms with Crippen molar-refractivity contribution in [3.63, 3.8) is 0 Å². The SMILES string of the molecule is CC(O)CC(C)O.CN(C)c1ccnc(-c2[c-]cc(F)cc2)c1.[Ir]. The molecule has 1 radical (unpaired) electrons. The third kappa shape index (κ3) is 8.50. The molecule has 0 bridgehead atoms. The number of benzene rings is 1. The molecule has 1 aromatic heterocycles. The maximum Gasteiger partial charge on any atom is 0.0536 e. The van der Waals surface area contributed by atoms with Gasteiger partial charge >= 0.3 is 0 Å². The summed E-state index contributed by atoms with van der Waals surface area (Å²) in [6.07, 6.45) is 1.46. The van der Waals surface area contributed by atoms with Gasteiger partial charge in [0.05, 0.1) is 12.2 Å². The van der Waals surface area contributed by atoms with Gasteiger partial charge in [-0.2, -0.15) is 0 Å². The first-order valence-electron chi connectivity index (χ1n) is 7.46. The number of aliphatic hydroxyl groups excluding tert-OH is 2. The van der Waals surface area contributed by atoms with Crippen LogP contribution < -0.4 is 4.90 Å². The van der Waals surface area contributed by atoms with E-state index in [9.17, 15) is 4.39 Å². The number of pyridine rings is 1. The molecule has 2 rings (SSSR count). The quantitative estimate of drug-likeness (QED) is 0.620. The van der Waals surface area contributed by atoms with Crippen molar-refractivity contribution in [1.29, 1.82) is 0 Å². The largest absolute Gasteiger partial charge is 0.393 e. The normalized spacial score (nSPS) is 12.3. The van der Waals surface area contributed by atoms with Crippen LogP contribution in [0.1, 0.15) is 20.3 Å². The molecule has 2 aromatic rings. The average Bonchev–Trinajstić information content (AvgIpc) is 2.47. The fourth-order valence-electron chi connectivity index (χ4n) is 1.90. The fraction of sp³-hybridized carbons (Fsp3) is 0.389.